The summed E-state index contributed by atoms with van der Waals surface area (Å²) in [4.78, 5) is 7.32. The third-order valence-electron chi connectivity index (χ3n) is 3.94. The van der Waals surface area contributed by atoms with E-state index in [0.717, 1.165) is 22.7 Å². The van der Waals surface area contributed by atoms with E-state index in [1.165, 1.54) is 6.07 Å². The first kappa shape index (κ1) is 17.7. The molecule has 0 saturated heterocycles. The van der Waals surface area contributed by atoms with E-state index >= 15 is 0 Å². The largest absolute Gasteiger partial charge is 0.365 e. The Bertz CT molecular complexity index is 790. The van der Waals surface area contributed by atoms with Crippen LogP contribution in [0.3, 0.4) is 0 Å². The number of halogens is 1. The van der Waals surface area contributed by atoms with Gasteiger partial charge in [-0.05, 0) is 30.8 Å². The van der Waals surface area contributed by atoms with Crippen molar-refractivity contribution >= 4 is 11.3 Å². The quantitative estimate of drug-likeness (QED) is 0.618. The fourth-order valence-corrected chi connectivity index (χ4v) is 3.34. The molecule has 0 aliphatic heterocycles. The highest BCUT2D eigenvalue weighted by Crippen LogP contribution is 2.28. The smallest absolute Gasteiger partial charge is 0.135 e. The SMILES string of the molecule is CN(CCOC(c1cncs1)c1ccnn1C)Cc1cccc(F)c1. The van der Waals surface area contributed by atoms with Gasteiger partial charge >= 0.3 is 0 Å². The van der Waals surface area contributed by atoms with Crippen molar-refractivity contribution in [1.82, 2.24) is 19.7 Å². The summed E-state index contributed by atoms with van der Waals surface area (Å²) in [5.74, 6) is -0.205. The van der Waals surface area contributed by atoms with E-state index in [0.29, 0.717) is 13.2 Å². The molecule has 5 nitrogen and oxygen atoms in total. The van der Waals surface area contributed by atoms with Crippen LogP contribution in [0.4, 0.5) is 4.39 Å². The molecule has 3 aromatic rings. The maximum Gasteiger partial charge on any atom is 0.135 e. The zero-order valence-electron chi connectivity index (χ0n) is 14.3. The molecule has 0 bridgehead atoms. The summed E-state index contributed by atoms with van der Waals surface area (Å²) in [5, 5.41) is 4.23. The summed E-state index contributed by atoms with van der Waals surface area (Å²) >= 11 is 1.57. The summed E-state index contributed by atoms with van der Waals surface area (Å²) in [6.45, 7) is 1.97. The van der Waals surface area contributed by atoms with Gasteiger partial charge < -0.3 is 4.74 Å². The molecule has 7 heteroatoms. The number of aryl methyl sites for hydroxylation is 1. The second-order valence-electron chi connectivity index (χ2n) is 5.90. The van der Waals surface area contributed by atoms with Crippen LogP contribution in [0.1, 0.15) is 22.2 Å². The molecule has 3 rings (SSSR count). The lowest BCUT2D eigenvalue weighted by molar-refractivity contribution is 0.0608. The maximum atomic E-state index is 13.3. The average Bonchev–Trinajstić information content (AvgIpc) is 3.24. The molecule has 1 unspecified atom stereocenters. The maximum absolute atomic E-state index is 13.3. The Kier molecular flexibility index (Phi) is 5.91. The van der Waals surface area contributed by atoms with Gasteiger partial charge in [0.15, 0.2) is 0 Å². The first-order chi connectivity index (χ1) is 12.1. The van der Waals surface area contributed by atoms with Gasteiger partial charge in [0.25, 0.3) is 0 Å². The van der Waals surface area contributed by atoms with Gasteiger partial charge in [-0.2, -0.15) is 5.10 Å². The van der Waals surface area contributed by atoms with Gasteiger partial charge in [-0.15, -0.1) is 11.3 Å². The molecular weight excluding hydrogens is 339 g/mol. The summed E-state index contributed by atoms with van der Waals surface area (Å²) in [7, 11) is 3.91. The lowest BCUT2D eigenvalue weighted by Gasteiger charge is -2.20. The Morgan fingerprint density at radius 1 is 1.36 bits per heavy atom. The number of rotatable bonds is 8. The zero-order chi connectivity index (χ0) is 17.6. The second kappa shape index (κ2) is 8.33. The second-order valence-corrected chi connectivity index (χ2v) is 6.82. The summed E-state index contributed by atoms with van der Waals surface area (Å²) in [5.41, 5.74) is 3.75. The Hall–Kier alpha value is -2.09. The first-order valence-corrected chi connectivity index (χ1v) is 8.92. The molecule has 0 spiro atoms. The third-order valence-corrected chi connectivity index (χ3v) is 4.76. The summed E-state index contributed by atoms with van der Waals surface area (Å²) in [6.07, 6.45) is 3.42. The van der Waals surface area contributed by atoms with Crippen LogP contribution in [0.2, 0.25) is 0 Å². The lowest BCUT2D eigenvalue weighted by Crippen LogP contribution is -2.24. The van der Waals surface area contributed by atoms with Crippen LogP contribution in [0, 0.1) is 5.82 Å². The van der Waals surface area contributed by atoms with Gasteiger partial charge in [0.05, 0.1) is 22.7 Å². The third kappa shape index (κ3) is 4.72. The van der Waals surface area contributed by atoms with Crippen molar-refractivity contribution in [3.63, 3.8) is 0 Å². The van der Waals surface area contributed by atoms with Gasteiger partial charge in [0.2, 0.25) is 0 Å². The highest BCUT2D eigenvalue weighted by Gasteiger charge is 2.19. The predicted molar refractivity (Wildman–Crippen MR) is 95.9 cm³/mol. The van der Waals surface area contributed by atoms with Crippen molar-refractivity contribution in [2.24, 2.45) is 7.05 Å². The summed E-state index contributed by atoms with van der Waals surface area (Å²) in [6, 6.07) is 8.64. The van der Waals surface area contributed by atoms with E-state index in [9.17, 15) is 4.39 Å². The highest BCUT2D eigenvalue weighted by atomic mass is 32.1. The molecule has 132 valence electrons. The minimum Gasteiger partial charge on any atom is -0.365 e. The van der Waals surface area contributed by atoms with Crippen molar-refractivity contribution < 1.29 is 9.13 Å². The van der Waals surface area contributed by atoms with E-state index < -0.39 is 0 Å². The van der Waals surface area contributed by atoms with Crippen LogP contribution < -0.4 is 0 Å². The standard InChI is InChI=1S/C18H21FN4OS/c1-22(12-14-4-3-5-15(19)10-14)8-9-24-18(17-11-20-13-25-17)16-6-7-21-23(16)2/h3-7,10-11,13,18H,8-9,12H2,1-2H3. The van der Waals surface area contributed by atoms with Crippen molar-refractivity contribution in [2.75, 3.05) is 20.2 Å². The lowest BCUT2D eigenvalue weighted by atomic mass is 10.2. The van der Waals surface area contributed by atoms with Crippen LogP contribution in [0.15, 0.2) is 48.2 Å². The van der Waals surface area contributed by atoms with Crippen molar-refractivity contribution in [3.05, 3.63) is 70.2 Å². The van der Waals surface area contributed by atoms with E-state index in [1.54, 1.807) is 35.2 Å². The molecule has 0 aliphatic carbocycles. The molecule has 25 heavy (non-hydrogen) atoms. The van der Waals surface area contributed by atoms with Crippen molar-refractivity contribution in [2.45, 2.75) is 12.6 Å². The number of benzene rings is 1. The first-order valence-electron chi connectivity index (χ1n) is 8.04. The molecule has 0 N–H and O–H groups in total. The van der Waals surface area contributed by atoms with E-state index in [-0.39, 0.29) is 11.9 Å². The monoisotopic (exact) mass is 360 g/mol. The van der Waals surface area contributed by atoms with Gasteiger partial charge in [-0.25, -0.2) is 4.39 Å². The topological polar surface area (TPSA) is 43.2 Å². The molecule has 0 aliphatic rings. The Balaban J connectivity index is 1.57. The summed E-state index contributed by atoms with van der Waals surface area (Å²) < 4.78 is 21.2. The minimum absolute atomic E-state index is 0.178. The number of hydrogen-bond acceptors (Lipinski definition) is 5. The molecule has 2 aromatic heterocycles. The molecule has 0 saturated carbocycles. The molecule has 1 aromatic carbocycles. The van der Waals surface area contributed by atoms with Crippen LogP contribution in [0.5, 0.6) is 0 Å². The number of nitrogens with zero attached hydrogens (tertiary/aromatic N) is 4. The van der Waals surface area contributed by atoms with Crippen molar-refractivity contribution in [3.8, 4) is 0 Å². The molecule has 0 fully saturated rings. The van der Waals surface area contributed by atoms with Crippen LogP contribution in [0.25, 0.3) is 0 Å². The predicted octanol–water partition coefficient (Wildman–Crippen LogP) is 3.25. The fourth-order valence-electron chi connectivity index (χ4n) is 2.66. The van der Waals surface area contributed by atoms with Crippen LogP contribution in [-0.2, 0) is 18.3 Å². The Morgan fingerprint density at radius 2 is 2.24 bits per heavy atom. The number of thiazole rings is 1. The van der Waals surface area contributed by atoms with Gasteiger partial charge in [-0.3, -0.25) is 14.6 Å². The molecule has 2 heterocycles. The number of aromatic nitrogens is 3. The van der Waals surface area contributed by atoms with Crippen LogP contribution >= 0.6 is 11.3 Å². The van der Waals surface area contributed by atoms with Gasteiger partial charge in [0, 0.05) is 32.5 Å². The number of ether oxygens (including phenoxy) is 1. The van der Waals surface area contributed by atoms with Crippen molar-refractivity contribution in [1.29, 1.82) is 0 Å². The van der Waals surface area contributed by atoms with E-state index in [4.69, 9.17) is 4.74 Å². The zero-order valence-corrected chi connectivity index (χ0v) is 15.1. The Morgan fingerprint density at radius 3 is 2.92 bits per heavy atom. The van der Waals surface area contributed by atoms with Crippen LogP contribution in [-0.4, -0.2) is 39.9 Å². The highest BCUT2D eigenvalue weighted by molar-refractivity contribution is 7.09. The minimum atomic E-state index is -0.205. The van der Waals surface area contributed by atoms with Gasteiger partial charge in [0.1, 0.15) is 11.9 Å². The van der Waals surface area contributed by atoms with E-state index in [2.05, 4.69) is 15.0 Å². The van der Waals surface area contributed by atoms with Gasteiger partial charge in [-0.1, -0.05) is 12.1 Å². The molecular formula is C18H21FN4OS. The fraction of sp³-hybridized carbons (Fsp3) is 0.333. The number of likely N-dealkylation sites (N-methyl/N-ethyl adjacent to an activating group) is 1. The normalized spacial score (nSPS) is 12.6. The molecule has 0 amide bonds. The Labute approximate surface area is 150 Å². The molecule has 1 atom stereocenters. The number of hydrogen-bond donors (Lipinski definition) is 0. The molecule has 0 radical (unpaired) electrons. The van der Waals surface area contributed by atoms with E-state index in [1.807, 2.05) is 37.1 Å². The average molecular weight is 360 g/mol.